The number of hydrogen-bond donors (Lipinski definition) is 0. The van der Waals surface area contributed by atoms with E-state index in [1.807, 2.05) is 10.6 Å². The summed E-state index contributed by atoms with van der Waals surface area (Å²) in [5.41, 5.74) is 4.27. The maximum Gasteiger partial charge on any atom is 0.258 e. The molecule has 0 bridgehead atoms. The van der Waals surface area contributed by atoms with Crippen molar-refractivity contribution < 1.29 is 9.53 Å². The monoisotopic (exact) mass is 548 g/mol. The third kappa shape index (κ3) is 4.65. The van der Waals surface area contributed by atoms with Crippen molar-refractivity contribution >= 4 is 28.5 Å². The van der Waals surface area contributed by atoms with E-state index in [2.05, 4.69) is 32.0 Å². The Morgan fingerprint density at radius 1 is 1.13 bits per heavy atom. The molecule has 198 valence electrons. The van der Waals surface area contributed by atoms with Gasteiger partial charge in [0, 0.05) is 34.2 Å². The van der Waals surface area contributed by atoms with E-state index in [-0.39, 0.29) is 27.7 Å². The van der Waals surface area contributed by atoms with E-state index in [1.54, 1.807) is 24.3 Å². The average Bonchev–Trinajstić information content (AvgIpc) is 3.35. The van der Waals surface area contributed by atoms with E-state index in [4.69, 9.17) is 21.3 Å². The molecular weight excluding hydrogens is 516 g/mol. The largest absolute Gasteiger partial charge is 0.375 e. The molecule has 5 nitrogen and oxygen atoms in total. The smallest absolute Gasteiger partial charge is 0.258 e. The van der Waals surface area contributed by atoms with Gasteiger partial charge in [-0.25, -0.2) is 4.98 Å². The maximum absolute atomic E-state index is 14.6. The summed E-state index contributed by atoms with van der Waals surface area (Å²) in [4.78, 5) is 33.0. The summed E-state index contributed by atoms with van der Waals surface area (Å²) in [6.45, 7) is 4.78. The first-order valence-corrected chi connectivity index (χ1v) is 14.9. The van der Waals surface area contributed by atoms with E-state index in [0.29, 0.717) is 28.8 Å². The highest BCUT2D eigenvalue weighted by Crippen LogP contribution is 2.50. The van der Waals surface area contributed by atoms with Crippen LogP contribution in [0.5, 0.6) is 0 Å². The molecule has 3 aromatic rings. The van der Waals surface area contributed by atoms with E-state index >= 15 is 0 Å². The zero-order valence-electron chi connectivity index (χ0n) is 22.0. The van der Waals surface area contributed by atoms with Crippen LogP contribution in [-0.2, 0) is 22.3 Å². The standard InChI is InChI=1S/C31H33ClN2O3S/c1-30(2)18-23(13-16-37-30)34-25(19-38-29(36)20-9-11-22(32)12-10-20)33-27-24-8-4-3-7-21(24)17-31(14-5-6-15-31)26(27)28(34)35/h3-4,7-12,23H,5-6,13-19H2,1-2H3. The van der Waals surface area contributed by atoms with E-state index in [9.17, 15) is 9.59 Å². The fraction of sp³-hybridized carbons (Fsp3) is 0.452. The van der Waals surface area contributed by atoms with Gasteiger partial charge in [0.05, 0.1) is 22.6 Å². The predicted octanol–water partition coefficient (Wildman–Crippen LogP) is 7.14. The molecule has 3 aliphatic rings. The van der Waals surface area contributed by atoms with Crippen LogP contribution < -0.4 is 5.56 Å². The van der Waals surface area contributed by atoms with Gasteiger partial charge in [0.1, 0.15) is 5.82 Å². The summed E-state index contributed by atoms with van der Waals surface area (Å²) in [5.74, 6) is 1.00. The number of benzene rings is 2. The van der Waals surface area contributed by atoms with Crippen LogP contribution >= 0.6 is 23.4 Å². The molecule has 6 rings (SSSR count). The van der Waals surface area contributed by atoms with Gasteiger partial charge in [0.25, 0.3) is 5.56 Å². The highest BCUT2D eigenvalue weighted by molar-refractivity contribution is 8.13. The number of nitrogens with zero attached hydrogens (tertiary/aromatic N) is 2. The highest BCUT2D eigenvalue weighted by Gasteiger charge is 2.45. The molecule has 2 aliphatic carbocycles. The molecule has 1 atom stereocenters. The van der Waals surface area contributed by atoms with Crippen molar-refractivity contribution in [2.24, 2.45) is 0 Å². The molecular formula is C31H33ClN2O3S. The molecule has 1 aliphatic heterocycles. The second kappa shape index (κ2) is 9.96. The topological polar surface area (TPSA) is 61.2 Å². The third-order valence-corrected chi connectivity index (χ3v) is 9.68. The molecule has 0 N–H and O–H groups in total. The Kier molecular flexibility index (Phi) is 6.78. The van der Waals surface area contributed by atoms with Gasteiger partial charge in [0.2, 0.25) is 5.12 Å². The Hall–Kier alpha value is -2.41. The number of carbonyl (C=O) groups excluding carboxylic acids is 1. The van der Waals surface area contributed by atoms with Gasteiger partial charge in [-0.1, -0.05) is 60.5 Å². The van der Waals surface area contributed by atoms with Crippen molar-refractivity contribution in [3.05, 3.63) is 86.4 Å². The fourth-order valence-electron chi connectivity index (χ4n) is 6.79. The molecule has 2 aromatic carbocycles. The van der Waals surface area contributed by atoms with Crippen LogP contribution in [-0.4, -0.2) is 26.9 Å². The number of thioether (sulfide) groups is 1. The maximum atomic E-state index is 14.6. The van der Waals surface area contributed by atoms with Crippen LogP contribution in [0.15, 0.2) is 53.3 Å². The predicted molar refractivity (Wildman–Crippen MR) is 153 cm³/mol. The molecule has 7 heteroatoms. The second-order valence-electron chi connectivity index (χ2n) is 11.6. The highest BCUT2D eigenvalue weighted by atomic mass is 35.5. The number of aromatic nitrogens is 2. The lowest BCUT2D eigenvalue weighted by Crippen LogP contribution is -2.44. The molecule has 0 amide bonds. The quantitative estimate of drug-likeness (QED) is 0.347. The number of fused-ring (bicyclic) bond motifs is 4. The normalized spacial score (nSPS) is 21.2. The van der Waals surface area contributed by atoms with Gasteiger partial charge in [-0.05, 0) is 75.8 Å². The number of halogens is 1. The summed E-state index contributed by atoms with van der Waals surface area (Å²) >= 11 is 7.22. The lowest BCUT2D eigenvalue weighted by Gasteiger charge is -2.40. The first-order chi connectivity index (χ1) is 18.3. The fourth-order valence-corrected chi connectivity index (χ4v) is 7.68. The summed E-state index contributed by atoms with van der Waals surface area (Å²) in [6.07, 6.45) is 6.71. The Morgan fingerprint density at radius 2 is 1.87 bits per heavy atom. The van der Waals surface area contributed by atoms with Crippen LogP contribution in [0.2, 0.25) is 5.02 Å². The van der Waals surface area contributed by atoms with Gasteiger partial charge >= 0.3 is 0 Å². The molecule has 1 saturated heterocycles. The van der Waals surface area contributed by atoms with Crippen LogP contribution in [0.25, 0.3) is 11.3 Å². The van der Waals surface area contributed by atoms with Crippen LogP contribution in [0.4, 0.5) is 0 Å². The number of hydrogen-bond acceptors (Lipinski definition) is 5. The molecule has 1 unspecified atom stereocenters. The van der Waals surface area contributed by atoms with Gasteiger partial charge in [-0.15, -0.1) is 0 Å². The molecule has 2 heterocycles. The number of ether oxygens (including phenoxy) is 1. The second-order valence-corrected chi connectivity index (χ2v) is 13.0. The summed E-state index contributed by atoms with van der Waals surface area (Å²) < 4.78 is 7.95. The van der Waals surface area contributed by atoms with Gasteiger partial charge in [0.15, 0.2) is 0 Å². The van der Waals surface area contributed by atoms with Crippen molar-refractivity contribution in [3.8, 4) is 11.3 Å². The van der Waals surface area contributed by atoms with Crippen molar-refractivity contribution in [2.75, 3.05) is 6.61 Å². The van der Waals surface area contributed by atoms with Gasteiger partial charge in [-0.2, -0.15) is 0 Å². The molecule has 2 fully saturated rings. The Bertz CT molecular complexity index is 1440. The lowest BCUT2D eigenvalue weighted by atomic mass is 9.68. The lowest BCUT2D eigenvalue weighted by molar-refractivity contribution is -0.0700. The minimum absolute atomic E-state index is 0.0130. The zero-order chi connectivity index (χ0) is 26.5. The van der Waals surface area contributed by atoms with Crippen molar-refractivity contribution in [1.82, 2.24) is 9.55 Å². The van der Waals surface area contributed by atoms with Gasteiger partial charge < -0.3 is 4.74 Å². The minimum atomic E-state index is -0.320. The van der Waals surface area contributed by atoms with E-state index in [0.717, 1.165) is 61.8 Å². The van der Waals surface area contributed by atoms with Crippen molar-refractivity contribution in [1.29, 1.82) is 0 Å². The molecule has 38 heavy (non-hydrogen) atoms. The average molecular weight is 549 g/mol. The Balaban J connectivity index is 1.48. The summed E-state index contributed by atoms with van der Waals surface area (Å²) in [5, 5.41) is 0.540. The van der Waals surface area contributed by atoms with Crippen LogP contribution in [0.3, 0.4) is 0 Å². The first-order valence-electron chi connectivity index (χ1n) is 13.6. The van der Waals surface area contributed by atoms with Crippen LogP contribution in [0, 0.1) is 0 Å². The SMILES string of the molecule is CC1(C)CC(n2c(CSC(=O)c3ccc(Cl)cc3)nc3c(c2=O)C2(CCCC2)Cc2ccccc2-3)CCO1. The summed E-state index contributed by atoms with van der Waals surface area (Å²) in [7, 11) is 0. The van der Waals surface area contributed by atoms with E-state index < -0.39 is 0 Å². The molecule has 1 spiro atoms. The Labute approximate surface area is 233 Å². The number of rotatable bonds is 4. The van der Waals surface area contributed by atoms with Gasteiger partial charge in [-0.3, -0.25) is 14.2 Å². The van der Waals surface area contributed by atoms with Crippen LogP contribution in [0.1, 0.15) is 85.7 Å². The zero-order valence-corrected chi connectivity index (χ0v) is 23.5. The van der Waals surface area contributed by atoms with E-state index in [1.165, 1.54) is 17.3 Å². The Morgan fingerprint density at radius 3 is 2.61 bits per heavy atom. The summed E-state index contributed by atoms with van der Waals surface area (Å²) in [6, 6.07) is 15.3. The number of carbonyl (C=O) groups is 1. The molecule has 0 radical (unpaired) electrons. The first kappa shape index (κ1) is 25.8. The van der Waals surface area contributed by atoms with Crippen molar-refractivity contribution in [3.63, 3.8) is 0 Å². The minimum Gasteiger partial charge on any atom is -0.375 e. The third-order valence-electron chi connectivity index (χ3n) is 8.53. The molecule has 1 aromatic heterocycles. The molecule has 1 saturated carbocycles. The van der Waals surface area contributed by atoms with Crippen molar-refractivity contribution in [2.45, 2.75) is 81.6 Å².